The number of carbonyl (C=O) groups is 1. The van der Waals surface area contributed by atoms with Crippen LogP contribution in [0.25, 0.3) is 21.9 Å². The summed E-state index contributed by atoms with van der Waals surface area (Å²) in [5.41, 5.74) is 7.34. The molecule has 0 spiro atoms. The van der Waals surface area contributed by atoms with Crippen LogP contribution in [0.5, 0.6) is 0 Å². The Morgan fingerprint density at radius 2 is 1.84 bits per heavy atom. The summed E-state index contributed by atoms with van der Waals surface area (Å²) in [6.45, 7) is 3.27. The molecule has 4 N–H and O–H groups in total. The zero-order valence-corrected chi connectivity index (χ0v) is 14.5. The third-order valence-electron chi connectivity index (χ3n) is 3.99. The number of benzene rings is 2. The molecule has 132 valence electrons. The van der Waals surface area contributed by atoms with Crippen LogP contribution in [-0.2, 0) is 14.8 Å². The lowest BCUT2D eigenvalue weighted by Crippen LogP contribution is -2.44. The van der Waals surface area contributed by atoms with Crippen LogP contribution < -0.4 is 10.5 Å². The van der Waals surface area contributed by atoms with E-state index in [0.717, 1.165) is 10.8 Å². The first-order valence-electron chi connectivity index (χ1n) is 7.66. The highest BCUT2D eigenvalue weighted by Crippen LogP contribution is 2.31. The molecular formula is C17H18N2O5S. The predicted octanol–water partition coefficient (Wildman–Crippen LogP) is 2.56. The fourth-order valence-electron chi connectivity index (χ4n) is 2.65. The number of aliphatic carboxylic acids is 1. The van der Waals surface area contributed by atoms with Crippen LogP contribution in [0.15, 0.2) is 45.7 Å². The van der Waals surface area contributed by atoms with Gasteiger partial charge in [0.15, 0.2) is 0 Å². The number of carboxylic acid groups (broad SMARTS) is 1. The lowest BCUT2D eigenvalue weighted by atomic mass is 10.1. The van der Waals surface area contributed by atoms with Crippen LogP contribution in [0.1, 0.15) is 13.8 Å². The highest BCUT2D eigenvalue weighted by Gasteiger charge is 2.28. The predicted molar refractivity (Wildman–Crippen MR) is 94.7 cm³/mol. The van der Waals surface area contributed by atoms with E-state index in [1.807, 2.05) is 0 Å². The van der Waals surface area contributed by atoms with Crippen molar-refractivity contribution in [2.45, 2.75) is 24.8 Å². The summed E-state index contributed by atoms with van der Waals surface area (Å²) in [7, 11) is -4.00. The van der Waals surface area contributed by atoms with E-state index < -0.39 is 28.0 Å². The van der Waals surface area contributed by atoms with Gasteiger partial charge < -0.3 is 15.3 Å². The van der Waals surface area contributed by atoms with Gasteiger partial charge in [-0.3, -0.25) is 4.79 Å². The number of nitrogens with two attached hydrogens (primary N) is 1. The van der Waals surface area contributed by atoms with Crippen molar-refractivity contribution in [2.24, 2.45) is 5.92 Å². The van der Waals surface area contributed by atoms with E-state index >= 15 is 0 Å². The van der Waals surface area contributed by atoms with Gasteiger partial charge in [-0.2, -0.15) is 4.72 Å². The number of hydrogen-bond acceptors (Lipinski definition) is 5. The largest absolute Gasteiger partial charge is 0.480 e. The van der Waals surface area contributed by atoms with Gasteiger partial charge in [0.05, 0.1) is 4.90 Å². The molecule has 0 fully saturated rings. The first-order chi connectivity index (χ1) is 11.7. The number of anilines is 1. The van der Waals surface area contributed by atoms with Crippen LogP contribution in [0.2, 0.25) is 0 Å². The van der Waals surface area contributed by atoms with Gasteiger partial charge in [0.25, 0.3) is 0 Å². The number of furan rings is 1. The molecule has 0 aliphatic rings. The number of hydrogen-bond donors (Lipinski definition) is 3. The number of sulfonamides is 1. The van der Waals surface area contributed by atoms with E-state index in [1.165, 1.54) is 12.1 Å². The zero-order valence-electron chi connectivity index (χ0n) is 13.7. The summed E-state index contributed by atoms with van der Waals surface area (Å²) in [6.07, 6.45) is 0. The molecule has 7 nitrogen and oxygen atoms in total. The summed E-state index contributed by atoms with van der Waals surface area (Å²) >= 11 is 0. The molecule has 8 heteroatoms. The second-order valence-corrected chi connectivity index (χ2v) is 7.91. The Morgan fingerprint density at radius 1 is 1.12 bits per heavy atom. The molecule has 1 atom stereocenters. The van der Waals surface area contributed by atoms with Crippen molar-refractivity contribution in [3.8, 4) is 0 Å². The summed E-state index contributed by atoms with van der Waals surface area (Å²) in [4.78, 5) is 11.2. The molecule has 1 heterocycles. The molecular weight excluding hydrogens is 344 g/mol. The van der Waals surface area contributed by atoms with E-state index in [1.54, 1.807) is 38.1 Å². The maximum atomic E-state index is 12.5. The normalized spacial score (nSPS) is 13.6. The summed E-state index contributed by atoms with van der Waals surface area (Å²) in [6, 6.07) is 8.39. The zero-order chi connectivity index (χ0) is 18.4. The molecule has 3 aromatic rings. The number of carboxylic acids is 1. The molecule has 1 aromatic heterocycles. The Kier molecular flexibility index (Phi) is 4.18. The van der Waals surface area contributed by atoms with Crippen LogP contribution in [0.3, 0.4) is 0 Å². The van der Waals surface area contributed by atoms with E-state index in [9.17, 15) is 18.3 Å². The van der Waals surface area contributed by atoms with Gasteiger partial charge in [0.2, 0.25) is 10.0 Å². The highest BCUT2D eigenvalue weighted by atomic mass is 32.2. The Morgan fingerprint density at radius 3 is 2.48 bits per heavy atom. The molecule has 0 bridgehead atoms. The highest BCUT2D eigenvalue weighted by molar-refractivity contribution is 7.89. The maximum absolute atomic E-state index is 12.5. The monoisotopic (exact) mass is 362 g/mol. The molecule has 3 rings (SSSR count). The number of nitrogens with one attached hydrogen (secondary N) is 1. The lowest BCUT2D eigenvalue weighted by Gasteiger charge is -2.17. The van der Waals surface area contributed by atoms with Gasteiger partial charge in [0.1, 0.15) is 17.2 Å². The van der Waals surface area contributed by atoms with Crippen molar-refractivity contribution >= 4 is 43.6 Å². The topological polar surface area (TPSA) is 123 Å². The molecule has 0 radical (unpaired) electrons. The first kappa shape index (κ1) is 17.2. The molecule has 25 heavy (non-hydrogen) atoms. The summed E-state index contributed by atoms with van der Waals surface area (Å²) < 4.78 is 33.0. The fourth-order valence-corrected chi connectivity index (χ4v) is 4.00. The third-order valence-corrected chi connectivity index (χ3v) is 5.43. The molecule has 0 aliphatic carbocycles. The van der Waals surface area contributed by atoms with Gasteiger partial charge in [-0.25, -0.2) is 8.42 Å². The van der Waals surface area contributed by atoms with Gasteiger partial charge in [-0.1, -0.05) is 13.8 Å². The number of nitrogen functional groups attached to an aromatic ring is 1. The smallest absolute Gasteiger partial charge is 0.322 e. The Labute approximate surface area is 144 Å². The average Bonchev–Trinajstić information content (AvgIpc) is 2.89. The van der Waals surface area contributed by atoms with Crippen molar-refractivity contribution < 1.29 is 22.7 Å². The van der Waals surface area contributed by atoms with Gasteiger partial charge in [-0.05, 0) is 36.2 Å². The fraction of sp³-hybridized carbons (Fsp3) is 0.235. The molecule has 0 saturated carbocycles. The van der Waals surface area contributed by atoms with Crippen molar-refractivity contribution in [1.29, 1.82) is 0 Å². The molecule has 1 unspecified atom stereocenters. The Bertz CT molecular complexity index is 1070. The minimum absolute atomic E-state index is 0.0565. The van der Waals surface area contributed by atoms with E-state index in [4.69, 9.17) is 10.2 Å². The standard InChI is InChI=1S/C17H18N2O5S/c1-9(2)16(17(20)21)19-25(22,23)11-4-5-12-13-7-10(18)3-6-14(13)24-15(12)8-11/h3-9,16,19H,18H2,1-2H3,(H,20,21). The second-order valence-electron chi connectivity index (χ2n) is 6.20. The van der Waals surface area contributed by atoms with Gasteiger partial charge in [-0.15, -0.1) is 0 Å². The van der Waals surface area contributed by atoms with Crippen LogP contribution in [0.4, 0.5) is 5.69 Å². The van der Waals surface area contributed by atoms with Crippen molar-refractivity contribution in [2.75, 3.05) is 5.73 Å². The van der Waals surface area contributed by atoms with Crippen molar-refractivity contribution in [3.05, 3.63) is 36.4 Å². The third kappa shape index (κ3) is 3.18. The molecule has 0 amide bonds. The molecule has 2 aromatic carbocycles. The van der Waals surface area contributed by atoms with Crippen LogP contribution in [0, 0.1) is 5.92 Å². The van der Waals surface area contributed by atoms with Crippen LogP contribution >= 0.6 is 0 Å². The Hall–Kier alpha value is -2.58. The van der Waals surface area contributed by atoms with Crippen molar-refractivity contribution in [3.63, 3.8) is 0 Å². The average molecular weight is 362 g/mol. The maximum Gasteiger partial charge on any atom is 0.322 e. The summed E-state index contributed by atoms with van der Waals surface area (Å²) in [5, 5.41) is 10.7. The molecule has 0 saturated heterocycles. The van der Waals surface area contributed by atoms with E-state index in [-0.39, 0.29) is 4.90 Å². The van der Waals surface area contributed by atoms with Crippen molar-refractivity contribution in [1.82, 2.24) is 4.72 Å². The quantitative estimate of drug-likeness (QED) is 0.600. The van der Waals surface area contributed by atoms with Crippen LogP contribution in [-0.4, -0.2) is 25.5 Å². The molecule has 0 aliphatic heterocycles. The summed E-state index contributed by atoms with van der Waals surface area (Å²) in [5.74, 6) is -1.62. The van der Waals surface area contributed by atoms with E-state index in [0.29, 0.717) is 16.9 Å². The van der Waals surface area contributed by atoms with Gasteiger partial charge in [0, 0.05) is 22.5 Å². The number of fused-ring (bicyclic) bond motifs is 3. The number of rotatable bonds is 5. The minimum atomic E-state index is -4.00. The minimum Gasteiger partial charge on any atom is -0.480 e. The van der Waals surface area contributed by atoms with E-state index in [2.05, 4.69) is 4.72 Å². The van der Waals surface area contributed by atoms with Gasteiger partial charge >= 0.3 is 5.97 Å². The second kappa shape index (κ2) is 6.05. The SMILES string of the molecule is CC(C)C(NS(=O)(=O)c1ccc2c(c1)oc1ccc(N)cc12)C(=O)O. The lowest BCUT2D eigenvalue weighted by molar-refractivity contribution is -0.140. The Balaban J connectivity index is 2.06. The first-order valence-corrected chi connectivity index (χ1v) is 9.14.